The van der Waals surface area contributed by atoms with Crippen LogP contribution in [0, 0.1) is 6.92 Å². The van der Waals surface area contributed by atoms with Crippen LogP contribution >= 0.6 is 0 Å². The molecule has 0 saturated carbocycles. The van der Waals surface area contributed by atoms with Crippen molar-refractivity contribution < 1.29 is 42.9 Å². The second-order valence-electron chi connectivity index (χ2n) is 19.8. The Labute approximate surface area is 426 Å². The molecule has 5 heterocycles. The summed E-state index contributed by atoms with van der Waals surface area (Å²) in [6.07, 6.45) is 10.3. The van der Waals surface area contributed by atoms with Crippen LogP contribution in [-0.4, -0.2) is 156 Å². The fourth-order valence-electron chi connectivity index (χ4n) is 9.44. The first-order valence-corrected chi connectivity index (χ1v) is 25.5. The molecule has 3 aliphatic rings. The van der Waals surface area contributed by atoms with Gasteiger partial charge < -0.3 is 43.7 Å². The number of hydrogen-bond acceptors (Lipinski definition) is 14. The summed E-state index contributed by atoms with van der Waals surface area (Å²) >= 11 is 0. The number of piperazine rings is 1. The number of benzene rings is 2. The number of pyridine rings is 1. The second-order valence-corrected chi connectivity index (χ2v) is 19.8. The Morgan fingerprint density at radius 2 is 1.46 bits per heavy atom. The minimum absolute atomic E-state index is 0.0480. The van der Waals surface area contributed by atoms with E-state index in [4.69, 9.17) is 23.7 Å². The third-order valence-electron chi connectivity index (χ3n) is 13.3. The van der Waals surface area contributed by atoms with Crippen LogP contribution in [0.15, 0.2) is 74.0 Å². The van der Waals surface area contributed by atoms with E-state index in [1.807, 2.05) is 77.0 Å². The first kappa shape index (κ1) is 56.9. The van der Waals surface area contributed by atoms with Gasteiger partial charge in [-0.1, -0.05) is 50.3 Å². The zero-order chi connectivity index (χ0) is 52.4. The van der Waals surface area contributed by atoms with Gasteiger partial charge in [-0.3, -0.25) is 14.5 Å². The number of ether oxygens (including phenoxy) is 5. The molecule has 0 spiro atoms. The van der Waals surface area contributed by atoms with E-state index in [1.165, 1.54) is 12.8 Å². The maximum absolute atomic E-state index is 13.5. The second kappa shape index (κ2) is 27.1. The lowest BCUT2D eigenvalue weighted by Gasteiger charge is -2.42. The van der Waals surface area contributed by atoms with Crippen molar-refractivity contribution in [1.29, 1.82) is 0 Å². The van der Waals surface area contributed by atoms with E-state index >= 15 is 0 Å². The lowest BCUT2D eigenvalue weighted by molar-refractivity contribution is -0.135. The third kappa shape index (κ3) is 16.5. The van der Waals surface area contributed by atoms with Gasteiger partial charge in [0, 0.05) is 80.7 Å². The average Bonchev–Trinajstić information content (AvgIpc) is 3.79. The molecular weight excluding hydrogens is 917 g/mol. The van der Waals surface area contributed by atoms with Gasteiger partial charge in [0.25, 0.3) is 0 Å². The Hall–Kier alpha value is -6.04. The smallest absolute Gasteiger partial charge is 0.440 e. The Kier molecular flexibility index (Phi) is 21.4. The van der Waals surface area contributed by atoms with E-state index in [9.17, 15) is 19.2 Å². The molecule has 0 bridgehead atoms. The van der Waals surface area contributed by atoms with Gasteiger partial charge in [0.2, 0.25) is 25.0 Å². The fourth-order valence-corrected chi connectivity index (χ4v) is 9.44. The fraction of sp³-hybridized carbons (Fsp3) is 0.564. The summed E-state index contributed by atoms with van der Waals surface area (Å²) in [5.74, 6) is 0.813. The van der Waals surface area contributed by atoms with Crippen molar-refractivity contribution in [1.82, 2.24) is 39.7 Å². The first-order chi connectivity index (χ1) is 34.5. The number of likely N-dealkylation sites (tertiary alicyclic amines) is 2. The van der Waals surface area contributed by atoms with Crippen molar-refractivity contribution in [3.63, 3.8) is 0 Å². The molecule has 3 aliphatic heterocycles. The summed E-state index contributed by atoms with van der Waals surface area (Å²) in [7, 11) is 4.05. The monoisotopic (exact) mass is 997 g/mol. The molecule has 394 valence electrons. The normalized spacial score (nSPS) is 16.6. The molecule has 17 heteroatoms. The van der Waals surface area contributed by atoms with Crippen LogP contribution in [0.1, 0.15) is 103 Å². The molecule has 2 aromatic carbocycles. The predicted octanol–water partition coefficient (Wildman–Crippen LogP) is 8.62. The van der Waals surface area contributed by atoms with Crippen molar-refractivity contribution in [3.05, 3.63) is 90.7 Å². The Morgan fingerprint density at radius 1 is 0.833 bits per heavy atom. The molecular formula is C55H80N8O9. The third-order valence-corrected chi connectivity index (χ3v) is 13.3. The summed E-state index contributed by atoms with van der Waals surface area (Å²) in [6, 6.07) is 14.4. The van der Waals surface area contributed by atoms with Crippen molar-refractivity contribution in [2.75, 3.05) is 73.2 Å². The predicted molar refractivity (Wildman–Crippen MR) is 281 cm³/mol. The molecule has 0 aliphatic carbocycles. The molecule has 2 amide bonds. The lowest BCUT2D eigenvalue weighted by atomic mass is 9.89. The highest BCUT2D eigenvalue weighted by Crippen LogP contribution is 2.35. The Balaban J connectivity index is 0.000000269. The summed E-state index contributed by atoms with van der Waals surface area (Å²) in [4.78, 5) is 62.0. The topological polar surface area (TPSA) is 170 Å². The largest absolute Gasteiger partial charge is 0.511 e. The first-order valence-electron chi connectivity index (χ1n) is 25.5. The van der Waals surface area contributed by atoms with E-state index in [1.54, 1.807) is 35.6 Å². The highest BCUT2D eigenvalue weighted by atomic mass is 16.8. The van der Waals surface area contributed by atoms with Crippen molar-refractivity contribution in [2.24, 2.45) is 0 Å². The number of piperidine rings is 2. The zero-order valence-corrected chi connectivity index (χ0v) is 44.3. The van der Waals surface area contributed by atoms with Gasteiger partial charge in [0.05, 0.1) is 17.1 Å². The molecule has 1 N–H and O–H groups in total. The molecule has 3 fully saturated rings. The average molecular weight is 997 g/mol. The highest BCUT2D eigenvalue weighted by Gasteiger charge is 2.31. The minimum atomic E-state index is -0.802. The lowest BCUT2D eigenvalue weighted by Crippen LogP contribution is -2.57. The maximum Gasteiger partial charge on any atom is 0.511 e. The van der Waals surface area contributed by atoms with Crippen molar-refractivity contribution in [2.45, 2.75) is 129 Å². The van der Waals surface area contributed by atoms with E-state index in [2.05, 4.69) is 63.6 Å². The molecule has 0 radical (unpaired) electrons. The van der Waals surface area contributed by atoms with Crippen LogP contribution in [0.3, 0.4) is 0 Å². The van der Waals surface area contributed by atoms with Gasteiger partial charge >= 0.3 is 12.3 Å². The summed E-state index contributed by atoms with van der Waals surface area (Å²) in [6.45, 7) is 27.3. The summed E-state index contributed by atoms with van der Waals surface area (Å²) < 4.78 is 28.4. The molecule has 3 saturated heterocycles. The van der Waals surface area contributed by atoms with E-state index in [0.717, 1.165) is 97.0 Å². The quantitative estimate of drug-likeness (QED) is 0.0435. The number of nitrogens with one attached hydrogen (secondary N) is 1. The number of hydrogen-bond donors (Lipinski definition) is 1. The van der Waals surface area contributed by atoms with Crippen LogP contribution in [0.25, 0.3) is 21.8 Å². The van der Waals surface area contributed by atoms with Gasteiger partial charge in [-0.05, 0) is 129 Å². The summed E-state index contributed by atoms with van der Waals surface area (Å²) in [5.41, 5.74) is 3.30. The molecule has 72 heavy (non-hydrogen) atoms. The van der Waals surface area contributed by atoms with E-state index in [0.29, 0.717) is 44.3 Å². The molecule has 4 aromatic rings. The van der Waals surface area contributed by atoms with Gasteiger partial charge in [-0.15, -0.1) is 13.2 Å². The Morgan fingerprint density at radius 3 is 2.07 bits per heavy atom. The number of rotatable bonds is 18. The van der Waals surface area contributed by atoms with E-state index in [-0.39, 0.29) is 31.4 Å². The van der Waals surface area contributed by atoms with Crippen molar-refractivity contribution >= 4 is 46.4 Å². The van der Waals surface area contributed by atoms with E-state index < -0.39 is 23.5 Å². The van der Waals surface area contributed by atoms with Crippen molar-refractivity contribution in [3.8, 4) is 5.88 Å². The summed E-state index contributed by atoms with van der Waals surface area (Å²) in [5, 5.41) is 9.79. The number of fused-ring (bicyclic) bond motifs is 2. The van der Waals surface area contributed by atoms with Crippen LogP contribution in [-0.2, 0) is 41.7 Å². The van der Waals surface area contributed by atoms with Gasteiger partial charge in [0.1, 0.15) is 11.2 Å². The SMILES string of the molecule is C=CCC(C)(C)OC(=O)OCOc1nc2ccccc2cc1C1CCN(C=O)CC1.C=CCC(C)(C)OC(=O)OCn1cc2cc(C[C@@H](NC)C(=O)N3CCN(C4CCN(C)CC4)CC3)cc(C)c2n1.CC. The number of aromatic nitrogens is 3. The van der Waals surface area contributed by atoms with Gasteiger partial charge in [0.15, 0.2) is 6.73 Å². The van der Waals surface area contributed by atoms with Crippen LogP contribution < -0.4 is 10.1 Å². The number of carbonyl (C=O) groups excluding carboxylic acids is 4. The standard InChI is InChI=1S/C30H46N6O4.C23H28N2O5.C2H6/c1-7-10-30(3,4)40-29(38)39-21-36-20-24-18-23(17-22(2)27(24)32-36)19-26(31-5)28(37)35-15-13-34(14-16-35)25-8-11-33(6)12-9-25;1-4-11-23(2,3)30-22(27)29-16-28-21-19(17-9-12-25(15-26)13-10-17)14-18-7-5-6-8-20(18)24-21;1-2/h7,17-18,20,25-26,31H,1,8-16,19,21H2,2-6H3;4-8,14-15,17H,1,9-13,16H2,2-3H3;1-2H3/t26-;;/m1../s1. The number of likely N-dealkylation sites (N-methyl/N-ethyl adjacent to an activating group) is 1. The number of para-hydroxylation sites is 1. The Bertz CT molecular complexity index is 2410. The van der Waals surface area contributed by atoms with Crippen LogP contribution in [0.2, 0.25) is 0 Å². The van der Waals surface area contributed by atoms with Crippen LogP contribution in [0.5, 0.6) is 5.88 Å². The number of amides is 2. The van der Waals surface area contributed by atoms with Crippen LogP contribution in [0.4, 0.5) is 9.59 Å². The van der Waals surface area contributed by atoms with Gasteiger partial charge in [-0.25, -0.2) is 19.3 Å². The molecule has 17 nitrogen and oxygen atoms in total. The molecule has 7 rings (SSSR count). The molecule has 1 atom stereocenters. The highest BCUT2D eigenvalue weighted by molar-refractivity contribution is 5.84. The minimum Gasteiger partial charge on any atom is -0.440 e. The maximum atomic E-state index is 13.5. The molecule has 0 unspecified atom stereocenters. The molecule has 2 aromatic heterocycles. The van der Waals surface area contributed by atoms with Gasteiger partial charge in [-0.2, -0.15) is 5.10 Å². The zero-order valence-electron chi connectivity index (χ0n) is 44.3. The number of nitrogens with zero attached hydrogens (tertiary/aromatic N) is 7. The number of carbonyl (C=O) groups is 4. The number of aryl methyl sites for hydroxylation is 1.